The molecule has 0 atom stereocenters. The highest BCUT2D eigenvalue weighted by Gasteiger charge is 2.05. The number of benzene rings is 2. The Bertz CT molecular complexity index is 651. The first-order valence-corrected chi connectivity index (χ1v) is 7.28. The predicted molar refractivity (Wildman–Crippen MR) is 88.0 cm³/mol. The number of likely N-dealkylation sites (N-methyl/N-ethyl adjacent to an activating group) is 1. The molecular formula is C17H17ClN2O2. The molecule has 0 aliphatic carbocycles. The van der Waals surface area contributed by atoms with Gasteiger partial charge in [-0.05, 0) is 35.4 Å². The summed E-state index contributed by atoms with van der Waals surface area (Å²) in [6.07, 6.45) is 0.618. The van der Waals surface area contributed by atoms with Gasteiger partial charge in [0.25, 0.3) is 0 Å². The van der Waals surface area contributed by atoms with Crippen LogP contribution in [0.1, 0.15) is 11.1 Å². The molecule has 0 aromatic heterocycles. The summed E-state index contributed by atoms with van der Waals surface area (Å²) in [5, 5.41) is 6.05. The van der Waals surface area contributed by atoms with E-state index in [0.29, 0.717) is 17.1 Å². The van der Waals surface area contributed by atoms with Crippen LogP contribution in [0.2, 0.25) is 5.02 Å². The summed E-state index contributed by atoms with van der Waals surface area (Å²) in [5.41, 5.74) is 2.51. The van der Waals surface area contributed by atoms with Crippen molar-refractivity contribution in [3.8, 4) is 0 Å². The van der Waals surface area contributed by atoms with Crippen LogP contribution in [0.15, 0.2) is 48.5 Å². The number of hydrogen-bond donors (Lipinski definition) is 2. The number of carbonyl (C=O) groups is 2. The fourth-order valence-electron chi connectivity index (χ4n) is 1.97. The van der Waals surface area contributed by atoms with Gasteiger partial charge >= 0.3 is 0 Å². The van der Waals surface area contributed by atoms with Gasteiger partial charge in [0.15, 0.2) is 0 Å². The summed E-state index contributed by atoms with van der Waals surface area (Å²) in [7, 11) is 1.60. The molecular weight excluding hydrogens is 300 g/mol. The lowest BCUT2D eigenvalue weighted by molar-refractivity contribution is -0.120. The van der Waals surface area contributed by atoms with Gasteiger partial charge in [0.05, 0.1) is 12.8 Å². The van der Waals surface area contributed by atoms with Crippen LogP contribution in [0.4, 0.5) is 5.69 Å². The molecule has 2 aromatic rings. The van der Waals surface area contributed by atoms with E-state index < -0.39 is 0 Å². The molecule has 0 bridgehead atoms. The molecule has 2 N–H and O–H groups in total. The Kier molecular flexibility index (Phi) is 5.55. The van der Waals surface area contributed by atoms with E-state index in [1.165, 1.54) is 0 Å². The fraction of sp³-hybridized carbons (Fsp3) is 0.176. The lowest BCUT2D eigenvalue weighted by Crippen LogP contribution is -2.20. The van der Waals surface area contributed by atoms with Gasteiger partial charge in [-0.3, -0.25) is 9.59 Å². The van der Waals surface area contributed by atoms with Gasteiger partial charge in [0.1, 0.15) is 0 Å². The fourth-order valence-corrected chi connectivity index (χ4v) is 2.10. The molecule has 0 radical (unpaired) electrons. The number of anilines is 1. The SMILES string of the molecule is CNC(=O)Cc1ccc(NC(=O)Cc2ccc(Cl)cc2)cc1. The maximum absolute atomic E-state index is 12.0. The Morgan fingerprint density at radius 1 is 0.864 bits per heavy atom. The van der Waals surface area contributed by atoms with Crippen molar-refractivity contribution in [3.63, 3.8) is 0 Å². The second kappa shape index (κ2) is 7.61. The molecule has 2 amide bonds. The summed E-state index contributed by atoms with van der Waals surface area (Å²) in [6, 6.07) is 14.4. The average Bonchev–Trinajstić information content (AvgIpc) is 2.51. The Labute approximate surface area is 134 Å². The van der Waals surface area contributed by atoms with Crippen molar-refractivity contribution < 1.29 is 9.59 Å². The highest BCUT2D eigenvalue weighted by Crippen LogP contribution is 2.13. The molecule has 2 rings (SSSR count). The van der Waals surface area contributed by atoms with Gasteiger partial charge in [0, 0.05) is 17.8 Å². The molecule has 2 aromatic carbocycles. The minimum Gasteiger partial charge on any atom is -0.359 e. The van der Waals surface area contributed by atoms with Crippen molar-refractivity contribution in [3.05, 3.63) is 64.7 Å². The van der Waals surface area contributed by atoms with Crippen molar-refractivity contribution in [1.82, 2.24) is 5.32 Å². The van der Waals surface area contributed by atoms with E-state index >= 15 is 0 Å². The molecule has 0 fully saturated rings. The summed E-state index contributed by atoms with van der Waals surface area (Å²) < 4.78 is 0. The number of carbonyl (C=O) groups excluding carboxylic acids is 2. The summed E-state index contributed by atoms with van der Waals surface area (Å²) in [5.74, 6) is -0.138. The van der Waals surface area contributed by atoms with Crippen LogP contribution < -0.4 is 10.6 Å². The van der Waals surface area contributed by atoms with Crippen LogP contribution in [0.25, 0.3) is 0 Å². The molecule has 0 saturated heterocycles. The highest BCUT2D eigenvalue weighted by molar-refractivity contribution is 6.30. The van der Waals surface area contributed by atoms with Crippen LogP contribution in [0, 0.1) is 0 Å². The Balaban J connectivity index is 1.91. The largest absolute Gasteiger partial charge is 0.359 e. The van der Waals surface area contributed by atoms with E-state index in [1.807, 2.05) is 24.3 Å². The minimum absolute atomic E-state index is 0.0421. The zero-order chi connectivity index (χ0) is 15.9. The Morgan fingerprint density at radius 2 is 1.36 bits per heavy atom. The predicted octanol–water partition coefficient (Wildman–Crippen LogP) is 2.81. The summed E-state index contributed by atoms with van der Waals surface area (Å²) in [4.78, 5) is 23.2. The standard InChI is InChI=1S/C17H17ClN2O2/c1-19-16(21)10-13-4-8-15(9-5-13)20-17(22)11-12-2-6-14(18)7-3-12/h2-9H,10-11H2,1H3,(H,19,21)(H,20,22). The second-order valence-electron chi connectivity index (χ2n) is 4.90. The van der Waals surface area contributed by atoms with E-state index in [4.69, 9.17) is 11.6 Å². The van der Waals surface area contributed by atoms with E-state index in [2.05, 4.69) is 10.6 Å². The third-order valence-corrected chi connectivity index (χ3v) is 3.41. The Hall–Kier alpha value is -2.33. The van der Waals surface area contributed by atoms with Crippen molar-refractivity contribution in [1.29, 1.82) is 0 Å². The molecule has 4 nitrogen and oxygen atoms in total. The molecule has 0 heterocycles. The van der Waals surface area contributed by atoms with Crippen LogP contribution in [-0.2, 0) is 22.4 Å². The van der Waals surface area contributed by atoms with E-state index in [0.717, 1.165) is 11.1 Å². The molecule has 22 heavy (non-hydrogen) atoms. The molecule has 0 unspecified atom stereocenters. The summed E-state index contributed by atoms with van der Waals surface area (Å²) >= 11 is 5.81. The van der Waals surface area contributed by atoms with Gasteiger partial charge in [-0.25, -0.2) is 0 Å². The zero-order valence-electron chi connectivity index (χ0n) is 12.2. The maximum Gasteiger partial charge on any atom is 0.228 e. The molecule has 5 heteroatoms. The number of halogens is 1. The molecule has 0 spiro atoms. The Morgan fingerprint density at radius 3 is 1.91 bits per heavy atom. The van der Waals surface area contributed by atoms with Crippen LogP contribution in [0.5, 0.6) is 0 Å². The quantitative estimate of drug-likeness (QED) is 0.891. The monoisotopic (exact) mass is 316 g/mol. The first-order valence-electron chi connectivity index (χ1n) is 6.90. The van der Waals surface area contributed by atoms with Crippen molar-refractivity contribution in [2.45, 2.75) is 12.8 Å². The van der Waals surface area contributed by atoms with Gasteiger partial charge < -0.3 is 10.6 Å². The van der Waals surface area contributed by atoms with Crippen LogP contribution in [0.3, 0.4) is 0 Å². The second-order valence-corrected chi connectivity index (χ2v) is 5.33. The molecule has 0 saturated carbocycles. The van der Waals surface area contributed by atoms with Crippen LogP contribution >= 0.6 is 11.6 Å². The van der Waals surface area contributed by atoms with E-state index in [1.54, 1.807) is 31.3 Å². The number of nitrogens with one attached hydrogen (secondary N) is 2. The van der Waals surface area contributed by atoms with E-state index in [9.17, 15) is 9.59 Å². The zero-order valence-corrected chi connectivity index (χ0v) is 13.0. The van der Waals surface area contributed by atoms with Crippen molar-refractivity contribution >= 4 is 29.1 Å². The van der Waals surface area contributed by atoms with Crippen molar-refractivity contribution in [2.24, 2.45) is 0 Å². The smallest absolute Gasteiger partial charge is 0.228 e. The number of rotatable bonds is 5. The number of hydrogen-bond acceptors (Lipinski definition) is 2. The highest BCUT2D eigenvalue weighted by atomic mass is 35.5. The van der Waals surface area contributed by atoms with Gasteiger partial charge in [-0.2, -0.15) is 0 Å². The van der Waals surface area contributed by atoms with E-state index in [-0.39, 0.29) is 18.2 Å². The van der Waals surface area contributed by atoms with Gasteiger partial charge in [0.2, 0.25) is 11.8 Å². The number of amides is 2. The minimum atomic E-state index is -0.0960. The molecule has 0 aliphatic rings. The average molecular weight is 317 g/mol. The molecule has 0 aliphatic heterocycles. The third-order valence-electron chi connectivity index (χ3n) is 3.16. The maximum atomic E-state index is 12.0. The molecule has 114 valence electrons. The first-order chi connectivity index (χ1) is 10.6. The topological polar surface area (TPSA) is 58.2 Å². The normalized spacial score (nSPS) is 10.1. The third kappa shape index (κ3) is 4.90. The lowest BCUT2D eigenvalue weighted by Gasteiger charge is -2.07. The lowest BCUT2D eigenvalue weighted by atomic mass is 10.1. The van der Waals surface area contributed by atoms with Crippen LogP contribution in [-0.4, -0.2) is 18.9 Å². The van der Waals surface area contributed by atoms with Gasteiger partial charge in [-0.15, -0.1) is 0 Å². The van der Waals surface area contributed by atoms with Crippen molar-refractivity contribution in [2.75, 3.05) is 12.4 Å². The van der Waals surface area contributed by atoms with Gasteiger partial charge in [-0.1, -0.05) is 35.9 Å². The first kappa shape index (κ1) is 16.0. The summed E-state index contributed by atoms with van der Waals surface area (Å²) in [6.45, 7) is 0.